The molecule has 0 bridgehead atoms. The summed E-state index contributed by atoms with van der Waals surface area (Å²) >= 11 is 11.2. The lowest BCUT2D eigenvalue weighted by Gasteiger charge is -2.18. The van der Waals surface area contributed by atoms with Gasteiger partial charge in [-0.2, -0.15) is 0 Å². The molecule has 0 fully saturated rings. The number of aromatic hydroxyl groups is 1. The van der Waals surface area contributed by atoms with Crippen molar-refractivity contribution < 1.29 is 15.3 Å². The van der Waals surface area contributed by atoms with E-state index in [0.717, 1.165) is 0 Å². The van der Waals surface area contributed by atoms with E-state index in [4.69, 9.17) is 23.2 Å². The van der Waals surface area contributed by atoms with Crippen LogP contribution in [0, 0.1) is 0 Å². The molecule has 0 amide bonds. The molecule has 15 heavy (non-hydrogen) atoms. The monoisotopic (exact) mass is 250 g/mol. The van der Waals surface area contributed by atoms with Crippen molar-refractivity contribution >= 4 is 23.2 Å². The summed E-state index contributed by atoms with van der Waals surface area (Å²) < 4.78 is 0. The van der Waals surface area contributed by atoms with Gasteiger partial charge in [-0.1, -0.05) is 11.6 Å². The third-order valence-corrected chi connectivity index (χ3v) is 2.53. The fraction of sp³-hybridized carbons (Fsp3) is 0.400. The smallest absolute Gasteiger partial charge is 0.121 e. The minimum absolute atomic E-state index is 0.0967. The molecule has 1 aromatic rings. The molecule has 3 nitrogen and oxygen atoms in total. The van der Waals surface area contributed by atoms with E-state index < -0.39 is 12.2 Å². The topological polar surface area (TPSA) is 60.7 Å². The number of aliphatic hydroxyl groups is 2. The summed E-state index contributed by atoms with van der Waals surface area (Å²) in [6.07, 6.45) is -1.94. The van der Waals surface area contributed by atoms with Crippen LogP contribution in [0.2, 0.25) is 5.02 Å². The van der Waals surface area contributed by atoms with E-state index in [2.05, 4.69) is 0 Å². The molecule has 0 saturated carbocycles. The van der Waals surface area contributed by atoms with Gasteiger partial charge in [0, 0.05) is 16.5 Å². The van der Waals surface area contributed by atoms with E-state index >= 15 is 0 Å². The van der Waals surface area contributed by atoms with Gasteiger partial charge in [0.1, 0.15) is 11.9 Å². The van der Waals surface area contributed by atoms with Crippen molar-refractivity contribution in [3.05, 3.63) is 28.8 Å². The van der Waals surface area contributed by atoms with Crippen molar-refractivity contribution in [1.82, 2.24) is 0 Å². The zero-order valence-electron chi connectivity index (χ0n) is 7.90. The number of halogens is 2. The Bertz CT molecular complexity index is 330. The van der Waals surface area contributed by atoms with Gasteiger partial charge < -0.3 is 15.3 Å². The van der Waals surface area contributed by atoms with Crippen LogP contribution in [0.5, 0.6) is 5.75 Å². The Kier molecular flexibility index (Phi) is 4.67. The van der Waals surface area contributed by atoms with Crippen LogP contribution in [0.15, 0.2) is 18.2 Å². The Balaban J connectivity index is 2.89. The lowest BCUT2D eigenvalue weighted by molar-refractivity contribution is 0.0157. The number of hydrogen-bond donors (Lipinski definition) is 3. The van der Waals surface area contributed by atoms with Crippen LogP contribution in [0.1, 0.15) is 18.1 Å². The van der Waals surface area contributed by atoms with Gasteiger partial charge in [-0.15, -0.1) is 11.6 Å². The predicted octanol–water partition coefficient (Wildman–Crippen LogP) is 2.07. The van der Waals surface area contributed by atoms with Gasteiger partial charge in [0.2, 0.25) is 0 Å². The standard InChI is InChI=1S/C10H12Cl2O3/c11-4-3-9(14)10(15)7-5-6(12)1-2-8(7)13/h1-2,5,9-10,13-15H,3-4H2. The first-order valence-electron chi connectivity index (χ1n) is 4.46. The molecule has 2 unspecified atom stereocenters. The quantitative estimate of drug-likeness (QED) is 0.718. The third kappa shape index (κ3) is 3.24. The summed E-state index contributed by atoms with van der Waals surface area (Å²) in [7, 11) is 0. The first-order chi connectivity index (χ1) is 7.06. The van der Waals surface area contributed by atoms with Crippen molar-refractivity contribution in [3.63, 3.8) is 0 Å². The van der Waals surface area contributed by atoms with Crippen LogP contribution < -0.4 is 0 Å². The van der Waals surface area contributed by atoms with Crippen LogP contribution in [0.4, 0.5) is 0 Å². The molecule has 0 aliphatic carbocycles. The normalized spacial score (nSPS) is 14.9. The minimum atomic E-state index is -1.18. The molecular formula is C10H12Cl2O3. The SMILES string of the molecule is Oc1ccc(Cl)cc1C(O)C(O)CCCl. The second-order valence-electron chi connectivity index (χ2n) is 3.19. The molecule has 0 aliphatic rings. The Morgan fingerprint density at radius 2 is 1.93 bits per heavy atom. The molecule has 1 rings (SSSR count). The van der Waals surface area contributed by atoms with Crippen molar-refractivity contribution in [3.8, 4) is 5.75 Å². The van der Waals surface area contributed by atoms with Gasteiger partial charge in [-0.05, 0) is 24.6 Å². The van der Waals surface area contributed by atoms with E-state index in [1.807, 2.05) is 0 Å². The predicted molar refractivity (Wildman–Crippen MR) is 59.4 cm³/mol. The van der Waals surface area contributed by atoms with Crippen LogP contribution in [-0.2, 0) is 0 Å². The summed E-state index contributed by atoms with van der Waals surface area (Å²) in [6.45, 7) is 0. The van der Waals surface area contributed by atoms with Gasteiger partial charge in [0.15, 0.2) is 0 Å². The maximum absolute atomic E-state index is 9.70. The average molecular weight is 251 g/mol. The number of hydrogen-bond acceptors (Lipinski definition) is 3. The first kappa shape index (κ1) is 12.6. The maximum atomic E-state index is 9.70. The summed E-state index contributed by atoms with van der Waals surface area (Å²) in [5, 5.41) is 29.0. The molecule has 0 aromatic heterocycles. The molecule has 84 valence electrons. The summed E-state index contributed by atoms with van der Waals surface area (Å²) in [5.41, 5.74) is 0.208. The molecule has 0 spiro atoms. The molecule has 0 aliphatic heterocycles. The Labute approximate surface area is 97.9 Å². The largest absolute Gasteiger partial charge is 0.508 e. The number of rotatable bonds is 4. The number of phenolic OH excluding ortho intramolecular Hbond substituents is 1. The lowest BCUT2D eigenvalue weighted by atomic mass is 10.0. The lowest BCUT2D eigenvalue weighted by Crippen LogP contribution is -2.18. The highest BCUT2D eigenvalue weighted by atomic mass is 35.5. The second-order valence-corrected chi connectivity index (χ2v) is 4.01. The van der Waals surface area contributed by atoms with Crippen LogP contribution in [0.3, 0.4) is 0 Å². The molecule has 0 heterocycles. The molecule has 0 saturated heterocycles. The van der Waals surface area contributed by atoms with E-state index in [9.17, 15) is 15.3 Å². The van der Waals surface area contributed by atoms with Gasteiger partial charge in [-0.25, -0.2) is 0 Å². The Hall–Kier alpha value is -0.480. The van der Waals surface area contributed by atoms with Crippen molar-refractivity contribution in [2.45, 2.75) is 18.6 Å². The molecule has 1 aromatic carbocycles. The highest BCUT2D eigenvalue weighted by molar-refractivity contribution is 6.30. The van der Waals surface area contributed by atoms with E-state index in [1.54, 1.807) is 0 Å². The van der Waals surface area contributed by atoms with Crippen molar-refractivity contribution in [2.24, 2.45) is 0 Å². The van der Waals surface area contributed by atoms with Gasteiger partial charge in [0.25, 0.3) is 0 Å². The number of phenols is 1. The zero-order valence-corrected chi connectivity index (χ0v) is 9.41. The molecule has 5 heteroatoms. The molecule has 2 atom stereocenters. The molecule has 3 N–H and O–H groups in total. The molecule has 0 radical (unpaired) electrons. The maximum Gasteiger partial charge on any atom is 0.121 e. The zero-order chi connectivity index (χ0) is 11.4. The highest BCUT2D eigenvalue weighted by Crippen LogP contribution is 2.30. The minimum Gasteiger partial charge on any atom is -0.508 e. The fourth-order valence-corrected chi connectivity index (χ4v) is 1.64. The van der Waals surface area contributed by atoms with Gasteiger partial charge in [-0.3, -0.25) is 0 Å². The fourth-order valence-electron chi connectivity index (χ4n) is 1.24. The second kappa shape index (κ2) is 5.56. The number of alkyl halides is 1. The van der Waals surface area contributed by atoms with Crippen LogP contribution >= 0.6 is 23.2 Å². The van der Waals surface area contributed by atoms with Crippen LogP contribution in [0.25, 0.3) is 0 Å². The van der Waals surface area contributed by atoms with Crippen molar-refractivity contribution in [2.75, 3.05) is 5.88 Å². The summed E-state index contributed by atoms with van der Waals surface area (Å²) in [4.78, 5) is 0. The average Bonchev–Trinajstić information content (AvgIpc) is 2.21. The highest BCUT2D eigenvalue weighted by Gasteiger charge is 2.20. The van der Waals surface area contributed by atoms with E-state index in [-0.39, 0.29) is 23.6 Å². The van der Waals surface area contributed by atoms with Crippen LogP contribution in [-0.4, -0.2) is 27.3 Å². The van der Waals surface area contributed by atoms with Gasteiger partial charge >= 0.3 is 0 Å². The summed E-state index contributed by atoms with van der Waals surface area (Å²) in [6, 6.07) is 4.29. The first-order valence-corrected chi connectivity index (χ1v) is 5.38. The third-order valence-electron chi connectivity index (χ3n) is 2.08. The van der Waals surface area contributed by atoms with E-state index in [0.29, 0.717) is 5.02 Å². The van der Waals surface area contributed by atoms with E-state index in [1.165, 1.54) is 18.2 Å². The number of aliphatic hydroxyl groups excluding tert-OH is 2. The van der Waals surface area contributed by atoms with Gasteiger partial charge in [0.05, 0.1) is 6.10 Å². The Morgan fingerprint density at radius 1 is 1.27 bits per heavy atom. The molecular weight excluding hydrogens is 239 g/mol. The Morgan fingerprint density at radius 3 is 2.53 bits per heavy atom. The number of benzene rings is 1. The van der Waals surface area contributed by atoms with Crippen molar-refractivity contribution in [1.29, 1.82) is 0 Å². The summed E-state index contributed by atoms with van der Waals surface area (Å²) in [5.74, 6) is 0.139.